The predicted octanol–water partition coefficient (Wildman–Crippen LogP) is 3.85. The zero-order chi connectivity index (χ0) is 12.8. The van der Waals surface area contributed by atoms with E-state index in [0.717, 1.165) is 13.0 Å². The van der Waals surface area contributed by atoms with Crippen molar-refractivity contribution in [1.82, 2.24) is 4.57 Å². The first-order chi connectivity index (χ1) is 8.86. The van der Waals surface area contributed by atoms with Crippen molar-refractivity contribution in [2.24, 2.45) is 5.73 Å². The van der Waals surface area contributed by atoms with E-state index < -0.39 is 0 Å². The van der Waals surface area contributed by atoms with Crippen molar-refractivity contribution < 1.29 is 0 Å². The lowest BCUT2D eigenvalue weighted by molar-refractivity contribution is 0.602. The van der Waals surface area contributed by atoms with Gasteiger partial charge in [-0.3, -0.25) is 0 Å². The highest BCUT2D eigenvalue weighted by atomic mass is 15.0. The molecule has 2 rings (SSSR count). The molecule has 0 bridgehead atoms. The highest BCUT2D eigenvalue weighted by Crippen LogP contribution is 2.20. The van der Waals surface area contributed by atoms with Gasteiger partial charge >= 0.3 is 0 Å². The van der Waals surface area contributed by atoms with Crippen LogP contribution >= 0.6 is 0 Å². The third-order valence-electron chi connectivity index (χ3n) is 3.40. The fourth-order valence-electron chi connectivity index (χ4n) is 2.44. The number of benzene rings is 1. The fraction of sp³-hybridized carbons (Fsp3) is 0.375. The van der Waals surface area contributed by atoms with Crippen LogP contribution in [0.25, 0.3) is 10.9 Å². The Labute approximate surface area is 109 Å². The van der Waals surface area contributed by atoms with Gasteiger partial charge in [0.15, 0.2) is 0 Å². The molecule has 0 saturated heterocycles. The molecule has 0 amide bonds. The summed E-state index contributed by atoms with van der Waals surface area (Å²) in [7, 11) is 0. The van der Waals surface area contributed by atoms with Gasteiger partial charge in [-0.15, -0.1) is 6.58 Å². The molecule has 0 atom stereocenters. The molecule has 1 heterocycles. The van der Waals surface area contributed by atoms with Gasteiger partial charge in [0.1, 0.15) is 0 Å². The van der Waals surface area contributed by atoms with Gasteiger partial charge in [0.2, 0.25) is 0 Å². The van der Waals surface area contributed by atoms with Crippen molar-refractivity contribution in [3.63, 3.8) is 0 Å². The average Bonchev–Trinajstić information content (AvgIpc) is 2.82. The van der Waals surface area contributed by atoms with Gasteiger partial charge in [0, 0.05) is 19.3 Å². The number of fused-ring (bicyclic) bond motifs is 1. The van der Waals surface area contributed by atoms with Crippen LogP contribution in [0.4, 0.5) is 0 Å². The number of aromatic nitrogens is 1. The highest BCUT2D eigenvalue weighted by Gasteiger charge is 2.04. The van der Waals surface area contributed by atoms with E-state index in [1.165, 1.54) is 35.7 Å². The molecule has 0 radical (unpaired) electrons. The SMILES string of the molecule is C=CCCCCCn1ccc2cccc(CN)c21. The lowest BCUT2D eigenvalue weighted by atomic mass is 10.1. The quantitative estimate of drug-likeness (QED) is 0.580. The number of allylic oxidation sites excluding steroid dienone is 1. The summed E-state index contributed by atoms with van der Waals surface area (Å²) in [5.41, 5.74) is 8.36. The van der Waals surface area contributed by atoms with Crippen molar-refractivity contribution in [3.8, 4) is 0 Å². The number of unbranched alkanes of at least 4 members (excludes halogenated alkanes) is 3. The van der Waals surface area contributed by atoms with Crippen LogP contribution in [0, 0.1) is 0 Å². The lowest BCUT2D eigenvalue weighted by Crippen LogP contribution is -2.02. The Hall–Kier alpha value is -1.54. The Morgan fingerprint density at radius 2 is 2.06 bits per heavy atom. The second kappa shape index (κ2) is 6.41. The number of nitrogens with zero attached hydrogens (tertiary/aromatic N) is 1. The minimum atomic E-state index is 0.609. The molecular weight excluding hydrogens is 220 g/mol. The third-order valence-corrected chi connectivity index (χ3v) is 3.40. The normalized spacial score (nSPS) is 10.9. The second-order valence-electron chi connectivity index (χ2n) is 4.71. The van der Waals surface area contributed by atoms with Crippen molar-refractivity contribution >= 4 is 10.9 Å². The molecule has 0 spiro atoms. The molecule has 2 N–H and O–H groups in total. The minimum absolute atomic E-state index is 0.609. The Kier molecular flexibility index (Phi) is 4.59. The van der Waals surface area contributed by atoms with Crippen molar-refractivity contribution in [2.45, 2.75) is 38.8 Å². The maximum atomic E-state index is 5.81. The van der Waals surface area contributed by atoms with E-state index in [0.29, 0.717) is 6.54 Å². The zero-order valence-corrected chi connectivity index (χ0v) is 10.9. The van der Waals surface area contributed by atoms with Gasteiger partial charge < -0.3 is 10.3 Å². The summed E-state index contributed by atoms with van der Waals surface area (Å²) in [6.45, 7) is 5.44. The molecule has 0 aliphatic carbocycles. The summed E-state index contributed by atoms with van der Waals surface area (Å²) >= 11 is 0. The minimum Gasteiger partial charge on any atom is -0.347 e. The van der Waals surface area contributed by atoms with Gasteiger partial charge in [-0.2, -0.15) is 0 Å². The molecule has 2 aromatic rings. The smallest absolute Gasteiger partial charge is 0.0525 e. The fourth-order valence-corrected chi connectivity index (χ4v) is 2.44. The van der Waals surface area contributed by atoms with E-state index in [1.807, 2.05) is 6.08 Å². The summed E-state index contributed by atoms with van der Waals surface area (Å²) in [5, 5.41) is 1.30. The summed E-state index contributed by atoms with van der Waals surface area (Å²) < 4.78 is 2.34. The predicted molar refractivity (Wildman–Crippen MR) is 78.5 cm³/mol. The number of aryl methyl sites for hydroxylation is 1. The van der Waals surface area contributed by atoms with Crippen LogP contribution in [0.2, 0.25) is 0 Å². The zero-order valence-electron chi connectivity index (χ0n) is 10.9. The molecular formula is C16H22N2. The maximum Gasteiger partial charge on any atom is 0.0525 e. The van der Waals surface area contributed by atoms with Gasteiger partial charge in [-0.1, -0.05) is 30.7 Å². The first-order valence-electron chi connectivity index (χ1n) is 6.74. The molecule has 2 nitrogen and oxygen atoms in total. The molecule has 0 aliphatic rings. The first-order valence-corrected chi connectivity index (χ1v) is 6.74. The van der Waals surface area contributed by atoms with E-state index in [4.69, 9.17) is 5.73 Å². The van der Waals surface area contributed by atoms with Gasteiger partial charge in [0.25, 0.3) is 0 Å². The first kappa shape index (κ1) is 12.9. The number of nitrogens with two attached hydrogens (primary N) is 1. The van der Waals surface area contributed by atoms with Crippen LogP contribution < -0.4 is 5.73 Å². The maximum absolute atomic E-state index is 5.81. The Bertz CT molecular complexity index is 511. The molecule has 2 heteroatoms. The van der Waals surface area contributed by atoms with Crippen molar-refractivity contribution in [1.29, 1.82) is 0 Å². The van der Waals surface area contributed by atoms with E-state index in [1.54, 1.807) is 0 Å². The highest BCUT2D eigenvalue weighted by molar-refractivity contribution is 5.83. The summed E-state index contributed by atoms with van der Waals surface area (Å²) in [4.78, 5) is 0. The van der Waals surface area contributed by atoms with Crippen LogP contribution in [0.15, 0.2) is 43.1 Å². The van der Waals surface area contributed by atoms with E-state index in [9.17, 15) is 0 Å². The molecule has 1 aromatic carbocycles. The standard InChI is InChI=1S/C16H22N2/c1-2-3-4-5-6-11-18-12-10-14-8-7-9-15(13-17)16(14)18/h2,7-10,12H,1,3-6,11,13,17H2. The lowest BCUT2D eigenvalue weighted by Gasteiger charge is -2.08. The van der Waals surface area contributed by atoms with Gasteiger partial charge in [0.05, 0.1) is 5.52 Å². The Morgan fingerprint density at radius 3 is 2.83 bits per heavy atom. The van der Waals surface area contributed by atoms with Crippen LogP contribution in [0.5, 0.6) is 0 Å². The van der Waals surface area contributed by atoms with E-state index in [2.05, 4.69) is 41.6 Å². The second-order valence-corrected chi connectivity index (χ2v) is 4.71. The topological polar surface area (TPSA) is 30.9 Å². The van der Waals surface area contributed by atoms with E-state index >= 15 is 0 Å². The summed E-state index contributed by atoms with van der Waals surface area (Å²) in [6, 6.07) is 8.54. The summed E-state index contributed by atoms with van der Waals surface area (Å²) in [5.74, 6) is 0. The molecule has 1 aromatic heterocycles. The largest absolute Gasteiger partial charge is 0.347 e. The van der Waals surface area contributed by atoms with Gasteiger partial charge in [-0.25, -0.2) is 0 Å². The number of hydrogen-bond donors (Lipinski definition) is 1. The Morgan fingerprint density at radius 1 is 1.17 bits per heavy atom. The van der Waals surface area contributed by atoms with Crippen LogP contribution in [-0.4, -0.2) is 4.57 Å². The van der Waals surface area contributed by atoms with Crippen LogP contribution in [-0.2, 0) is 13.1 Å². The monoisotopic (exact) mass is 242 g/mol. The van der Waals surface area contributed by atoms with Crippen molar-refractivity contribution in [3.05, 3.63) is 48.7 Å². The van der Waals surface area contributed by atoms with Crippen LogP contribution in [0.3, 0.4) is 0 Å². The molecule has 96 valence electrons. The molecule has 0 unspecified atom stereocenters. The van der Waals surface area contributed by atoms with Crippen molar-refractivity contribution in [2.75, 3.05) is 0 Å². The van der Waals surface area contributed by atoms with Crippen LogP contribution in [0.1, 0.15) is 31.2 Å². The molecule has 0 saturated carbocycles. The number of hydrogen-bond acceptors (Lipinski definition) is 1. The molecule has 0 aliphatic heterocycles. The molecule has 0 fully saturated rings. The average molecular weight is 242 g/mol. The summed E-state index contributed by atoms with van der Waals surface area (Å²) in [6.07, 6.45) is 9.02. The molecule has 18 heavy (non-hydrogen) atoms. The van der Waals surface area contributed by atoms with Gasteiger partial charge in [-0.05, 0) is 36.3 Å². The van der Waals surface area contributed by atoms with E-state index in [-0.39, 0.29) is 0 Å². The number of rotatable bonds is 7. The number of para-hydroxylation sites is 1. The third kappa shape index (κ3) is 2.82. The Balaban J connectivity index is 2.06.